The van der Waals surface area contributed by atoms with E-state index in [4.69, 9.17) is 10.4 Å². The summed E-state index contributed by atoms with van der Waals surface area (Å²) in [5.74, 6) is -1.31. The van der Waals surface area contributed by atoms with Gasteiger partial charge in [-0.3, -0.25) is 9.69 Å². The molecular formula is C15H19FN2O2. The summed E-state index contributed by atoms with van der Waals surface area (Å²) in [6, 6.07) is 6.23. The Morgan fingerprint density at radius 1 is 1.45 bits per heavy atom. The Labute approximate surface area is 118 Å². The number of carboxylic acid groups (broad SMARTS) is 1. The predicted molar refractivity (Wildman–Crippen MR) is 73.5 cm³/mol. The third kappa shape index (κ3) is 4.63. The van der Waals surface area contributed by atoms with Crippen LogP contribution in [0.5, 0.6) is 0 Å². The zero-order valence-corrected chi connectivity index (χ0v) is 12.0. The van der Waals surface area contributed by atoms with Gasteiger partial charge in [-0.2, -0.15) is 5.26 Å². The molecule has 0 saturated heterocycles. The molecular weight excluding hydrogens is 259 g/mol. The number of carbonyl (C=O) groups is 1. The van der Waals surface area contributed by atoms with Crippen LogP contribution in [0.3, 0.4) is 0 Å². The van der Waals surface area contributed by atoms with Crippen LogP contribution in [0.2, 0.25) is 0 Å². The molecule has 0 fully saturated rings. The van der Waals surface area contributed by atoms with Crippen LogP contribution in [0.25, 0.3) is 0 Å². The highest BCUT2D eigenvalue weighted by atomic mass is 19.1. The van der Waals surface area contributed by atoms with Crippen molar-refractivity contribution in [3.63, 3.8) is 0 Å². The molecule has 0 aliphatic heterocycles. The zero-order chi connectivity index (χ0) is 15.3. The molecule has 1 rings (SSSR count). The van der Waals surface area contributed by atoms with Crippen molar-refractivity contribution >= 4 is 5.97 Å². The number of nitriles is 1. The van der Waals surface area contributed by atoms with Gasteiger partial charge in [-0.05, 0) is 32.9 Å². The Kier molecular flexibility index (Phi) is 5.23. The number of hydrogen-bond donors (Lipinski definition) is 1. The van der Waals surface area contributed by atoms with Crippen LogP contribution in [-0.2, 0) is 11.3 Å². The average molecular weight is 278 g/mol. The van der Waals surface area contributed by atoms with Gasteiger partial charge in [0.2, 0.25) is 0 Å². The SMILES string of the molecule is CC(C)(C)N(CCC(=O)O)Cc1ccc(C#N)cc1F. The van der Waals surface area contributed by atoms with E-state index in [0.29, 0.717) is 18.7 Å². The number of nitrogens with zero attached hydrogens (tertiary/aromatic N) is 2. The van der Waals surface area contributed by atoms with E-state index >= 15 is 0 Å². The molecule has 0 aliphatic rings. The van der Waals surface area contributed by atoms with Crippen molar-refractivity contribution in [3.05, 3.63) is 35.1 Å². The molecule has 20 heavy (non-hydrogen) atoms. The molecule has 0 saturated carbocycles. The van der Waals surface area contributed by atoms with E-state index in [1.165, 1.54) is 6.07 Å². The van der Waals surface area contributed by atoms with E-state index in [-0.39, 0.29) is 17.5 Å². The van der Waals surface area contributed by atoms with Crippen molar-refractivity contribution in [2.24, 2.45) is 0 Å². The van der Waals surface area contributed by atoms with Crippen molar-refractivity contribution in [1.29, 1.82) is 5.26 Å². The molecule has 0 radical (unpaired) electrons. The highest BCUT2D eigenvalue weighted by molar-refractivity contribution is 5.66. The topological polar surface area (TPSA) is 64.3 Å². The van der Waals surface area contributed by atoms with E-state index in [1.54, 1.807) is 12.1 Å². The Balaban J connectivity index is 2.90. The molecule has 0 bridgehead atoms. The first-order valence-electron chi connectivity index (χ1n) is 6.39. The molecule has 108 valence electrons. The minimum Gasteiger partial charge on any atom is -0.481 e. The van der Waals surface area contributed by atoms with Crippen LogP contribution < -0.4 is 0 Å². The van der Waals surface area contributed by atoms with Crippen LogP contribution in [0, 0.1) is 17.1 Å². The second-order valence-electron chi connectivity index (χ2n) is 5.65. The van der Waals surface area contributed by atoms with Crippen LogP contribution in [0.1, 0.15) is 38.3 Å². The standard InChI is InChI=1S/C15H19FN2O2/c1-15(2,3)18(7-6-14(19)20)10-12-5-4-11(9-17)8-13(12)16/h4-5,8H,6-7,10H2,1-3H3,(H,19,20). The monoisotopic (exact) mass is 278 g/mol. The quantitative estimate of drug-likeness (QED) is 0.899. The normalized spacial score (nSPS) is 11.4. The minimum atomic E-state index is -0.875. The first-order valence-corrected chi connectivity index (χ1v) is 6.39. The lowest BCUT2D eigenvalue weighted by Crippen LogP contribution is -2.42. The van der Waals surface area contributed by atoms with Gasteiger partial charge in [0.15, 0.2) is 0 Å². The Hall–Kier alpha value is -1.93. The van der Waals surface area contributed by atoms with Crippen molar-refractivity contribution in [1.82, 2.24) is 4.90 Å². The Morgan fingerprint density at radius 3 is 2.55 bits per heavy atom. The molecule has 0 amide bonds. The summed E-state index contributed by atoms with van der Waals surface area (Å²) in [6.07, 6.45) is 0.00910. The van der Waals surface area contributed by atoms with Crippen LogP contribution in [0.4, 0.5) is 4.39 Å². The van der Waals surface area contributed by atoms with E-state index < -0.39 is 11.8 Å². The fourth-order valence-corrected chi connectivity index (χ4v) is 1.83. The lowest BCUT2D eigenvalue weighted by atomic mass is 10.0. The van der Waals surface area contributed by atoms with Crippen LogP contribution in [0.15, 0.2) is 18.2 Å². The fraction of sp³-hybridized carbons (Fsp3) is 0.467. The molecule has 0 unspecified atom stereocenters. The van der Waals surface area contributed by atoms with Gasteiger partial charge in [0.1, 0.15) is 5.82 Å². The van der Waals surface area contributed by atoms with Crippen molar-refractivity contribution in [3.8, 4) is 6.07 Å². The highest BCUT2D eigenvalue weighted by Gasteiger charge is 2.23. The van der Waals surface area contributed by atoms with Gasteiger partial charge in [0, 0.05) is 24.2 Å². The molecule has 0 aliphatic carbocycles. The first kappa shape index (κ1) is 16.1. The second kappa shape index (κ2) is 6.49. The number of halogens is 1. The van der Waals surface area contributed by atoms with Gasteiger partial charge in [-0.1, -0.05) is 6.07 Å². The molecule has 1 aromatic rings. The molecule has 5 heteroatoms. The number of carboxylic acids is 1. The van der Waals surface area contributed by atoms with Crippen molar-refractivity contribution in [2.45, 2.75) is 39.3 Å². The predicted octanol–water partition coefficient (Wildman–Crippen LogP) is 2.77. The molecule has 4 nitrogen and oxygen atoms in total. The maximum Gasteiger partial charge on any atom is 0.304 e. The zero-order valence-electron chi connectivity index (χ0n) is 12.0. The summed E-state index contributed by atoms with van der Waals surface area (Å²) in [5, 5.41) is 17.5. The van der Waals surface area contributed by atoms with Gasteiger partial charge in [0.25, 0.3) is 0 Å². The summed E-state index contributed by atoms with van der Waals surface area (Å²) in [6.45, 7) is 6.52. The highest BCUT2D eigenvalue weighted by Crippen LogP contribution is 2.20. The summed E-state index contributed by atoms with van der Waals surface area (Å²) < 4.78 is 13.9. The number of hydrogen-bond acceptors (Lipinski definition) is 3. The lowest BCUT2D eigenvalue weighted by molar-refractivity contribution is -0.137. The summed E-state index contributed by atoms with van der Waals surface area (Å²) in [7, 11) is 0. The third-order valence-electron chi connectivity index (χ3n) is 3.09. The van der Waals surface area contributed by atoms with Crippen LogP contribution >= 0.6 is 0 Å². The molecule has 0 atom stereocenters. The van der Waals surface area contributed by atoms with Gasteiger partial charge in [-0.25, -0.2) is 4.39 Å². The maximum atomic E-state index is 13.9. The van der Waals surface area contributed by atoms with Gasteiger partial charge in [0.05, 0.1) is 18.1 Å². The fourth-order valence-electron chi connectivity index (χ4n) is 1.83. The summed E-state index contributed by atoms with van der Waals surface area (Å²) in [4.78, 5) is 12.6. The van der Waals surface area contributed by atoms with Crippen molar-refractivity contribution < 1.29 is 14.3 Å². The molecule has 0 aromatic heterocycles. The number of rotatable bonds is 5. The molecule has 1 aromatic carbocycles. The summed E-state index contributed by atoms with van der Waals surface area (Å²) >= 11 is 0. The third-order valence-corrected chi connectivity index (χ3v) is 3.09. The van der Waals surface area contributed by atoms with Crippen molar-refractivity contribution in [2.75, 3.05) is 6.54 Å². The van der Waals surface area contributed by atoms with E-state index in [9.17, 15) is 9.18 Å². The smallest absolute Gasteiger partial charge is 0.304 e. The Bertz CT molecular complexity index is 530. The van der Waals surface area contributed by atoms with Gasteiger partial charge < -0.3 is 5.11 Å². The van der Waals surface area contributed by atoms with Crippen LogP contribution in [-0.4, -0.2) is 28.1 Å². The van der Waals surface area contributed by atoms with Gasteiger partial charge >= 0.3 is 5.97 Å². The van der Waals surface area contributed by atoms with E-state index in [1.807, 2.05) is 31.7 Å². The second-order valence-corrected chi connectivity index (χ2v) is 5.65. The molecule has 0 spiro atoms. The average Bonchev–Trinajstić information content (AvgIpc) is 2.34. The molecule has 0 heterocycles. The minimum absolute atomic E-state index is 0.00910. The van der Waals surface area contributed by atoms with E-state index in [0.717, 1.165) is 0 Å². The lowest BCUT2D eigenvalue weighted by Gasteiger charge is -2.35. The largest absolute Gasteiger partial charge is 0.481 e. The van der Waals surface area contributed by atoms with Gasteiger partial charge in [-0.15, -0.1) is 0 Å². The number of aliphatic carboxylic acids is 1. The molecule has 1 N–H and O–H groups in total. The maximum absolute atomic E-state index is 13.9. The summed E-state index contributed by atoms with van der Waals surface area (Å²) in [5.41, 5.74) is 0.471. The van der Waals surface area contributed by atoms with E-state index in [2.05, 4.69) is 0 Å². The number of benzene rings is 1. The first-order chi connectivity index (χ1) is 9.24. The Morgan fingerprint density at radius 2 is 2.10 bits per heavy atom.